The van der Waals surface area contributed by atoms with Crippen molar-refractivity contribution in [3.05, 3.63) is 33.5 Å². The van der Waals surface area contributed by atoms with Gasteiger partial charge >= 0.3 is 0 Å². The second-order valence-electron chi connectivity index (χ2n) is 3.92. The highest BCUT2D eigenvalue weighted by atomic mass is 79.9. The smallest absolute Gasteiger partial charge is 0.165 e. The van der Waals surface area contributed by atoms with Crippen LogP contribution in [0.3, 0.4) is 0 Å². The van der Waals surface area contributed by atoms with E-state index in [-0.39, 0.29) is 0 Å². The summed E-state index contributed by atoms with van der Waals surface area (Å²) in [4.78, 5) is 0. The maximum atomic E-state index is 6.22. The van der Waals surface area contributed by atoms with Crippen molar-refractivity contribution < 1.29 is 0 Å². The van der Waals surface area contributed by atoms with Gasteiger partial charge < -0.3 is 10.3 Å². The molecule has 96 valence electrons. The molecule has 2 aromatic rings. The number of hydrogen-bond acceptors (Lipinski definition) is 3. The Labute approximate surface area is 119 Å². The Kier molecular flexibility index (Phi) is 4.37. The lowest BCUT2D eigenvalue weighted by atomic mass is 10.2. The highest BCUT2D eigenvalue weighted by Gasteiger charge is 2.15. The molecule has 6 heteroatoms. The molecular weight excluding hydrogens is 316 g/mol. The number of aromatic nitrogens is 3. The van der Waals surface area contributed by atoms with Crippen LogP contribution in [0.15, 0.2) is 22.7 Å². The second-order valence-corrected chi connectivity index (χ2v) is 5.24. The molecule has 0 spiro atoms. The minimum absolute atomic E-state index is 0.374. The Bertz CT molecular complexity index is 553. The van der Waals surface area contributed by atoms with Gasteiger partial charge in [-0.3, -0.25) is 0 Å². The zero-order valence-electron chi connectivity index (χ0n) is 10.0. The Balaban J connectivity index is 2.56. The monoisotopic (exact) mass is 328 g/mol. The third-order valence-electron chi connectivity index (χ3n) is 2.63. The van der Waals surface area contributed by atoms with Crippen LogP contribution in [-0.2, 0) is 13.1 Å². The van der Waals surface area contributed by atoms with E-state index in [0.29, 0.717) is 11.6 Å². The van der Waals surface area contributed by atoms with Gasteiger partial charge in [0.1, 0.15) is 5.82 Å². The van der Waals surface area contributed by atoms with Crippen molar-refractivity contribution in [2.45, 2.75) is 26.4 Å². The lowest BCUT2D eigenvalue weighted by Crippen LogP contribution is -2.09. The van der Waals surface area contributed by atoms with Gasteiger partial charge in [-0.1, -0.05) is 34.5 Å². The molecule has 0 saturated heterocycles. The van der Waals surface area contributed by atoms with Gasteiger partial charge in [0, 0.05) is 16.6 Å². The SMILES string of the molecule is CCCn1c(CN)nnc1-c1cc(Br)ccc1Cl. The molecule has 4 nitrogen and oxygen atoms in total. The van der Waals surface area contributed by atoms with Crippen LogP contribution in [0.2, 0.25) is 5.02 Å². The third-order valence-corrected chi connectivity index (χ3v) is 3.45. The number of rotatable bonds is 4. The zero-order valence-corrected chi connectivity index (χ0v) is 12.4. The van der Waals surface area contributed by atoms with Crippen LogP contribution >= 0.6 is 27.5 Å². The van der Waals surface area contributed by atoms with Crippen molar-refractivity contribution in [2.24, 2.45) is 5.73 Å². The Morgan fingerprint density at radius 2 is 2.17 bits per heavy atom. The molecule has 0 saturated carbocycles. The molecular formula is C12H14BrClN4. The highest BCUT2D eigenvalue weighted by molar-refractivity contribution is 9.10. The average molecular weight is 330 g/mol. The van der Waals surface area contributed by atoms with E-state index in [2.05, 4.69) is 33.1 Å². The molecule has 0 amide bonds. The van der Waals surface area contributed by atoms with E-state index < -0.39 is 0 Å². The van der Waals surface area contributed by atoms with Gasteiger partial charge in [-0.15, -0.1) is 10.2 Å². The number of hydrogen-bond donors (Lipinski definition) is 1. The molecule has 1 aromatic heterocycles. The first-order chi connectivity index (χ1) is 8.67. The fourth-order valence-corrected chi connectivity index (χ4v) is 2.38. The van der Waals surface area contributed by atoms with E-state index in [1.165, 1.54) is 0 Å². The summed E-state index contributed by atoms with van der Waals surface area (Å²) in [6, 6.07) is 5.68. The fraction of sp³-hybridized carbons (Fsp3) is 0.333. The second kappa shape index (κ2) is 5.82. The van der Waals surface area contributed by atoms with Gasteiger partial charge in [0.2, 0.25) is 0 Å². The van der Waals surface area contributed by atoms with E-state index in [9.17, 15) is 0 Å². The Morgan fingerprint density at radius 1 is 1.39 bits per heavy atom. The molecule has 0 fully saturated rings. The van der Waals surface area contributed by atoms with Crippen molar-refractivity contribution in [3.63, 3.8) is 0 Å². The van der Waals surface area contributed by atoms with Gasteiger partial charge in [0.05, 0.1) is 11.6 Å². The van der Waals surface area contributed by atoms with E-state index >= 15 is 0 Å². The summed E-state index contributed by atoms with van der Waals surface area (Å²) in [5, 5.41) is 8.98. The quantitative estimate of drug-likeness (QED) is 0.937. The average Bonchev–Trinajstić information content (AvgIpc) is 2.76. The summed E-state index contributed by atoms with van der Waals surface area (Å²) in [7, 11) is 0. The lowest BCUT2D eigenvalue weighted by molar-refractivity contribution is 0.644. The minimum Gasteiger partial charge on any atom is -0.324 e. The van der Waals surface area contributed by atoms with Crippen LogP contribution in [0, 0.1) is 0 Å². The predicted octanol–water partition coefficient (Wildman–Crippen LogP) is 3.23. The van der Waals surface area contributed by atoms with Gasteiger partial charge in [0.15, 0.2) is 5.82 Å². The van der Waals surface area contributed by atoms with Gasteiger partial charge in [-0.05, 0) is 24.6 Å². The lowest BCUT2D eigenvalue weighted by Gasteiger charge is -2.09. The maximum absolute atomic E-state index is 6.22. The van der Waals surface area contributed by atoms with Crippen molar-refractivity contribution >= 4 is 27.5 Å². The van der Waals surface area contributed by atoms with Crippen molar-refractivity contribution in [2.75, 3.05) is 0 Å². The Hall–Kier alpha value is -0.910. The van der Waals surface area contributed by atoms with E-state index in [0.717, 1.165) is 34.7 Å². The summed E-state index contributed by atoms with van der Waals surface area (Å²) in [5.41, 5.74) is 6.54. The van der Waals surface area contributed by atoms with E-state index in [1.54, 1.807) is 0 Å². The highest BCUT2D eigenvalue weighted by Crippen LogP contribution is 2.30. The van der Waals surface area contributed by atoms with Crippen molar-refractivity contribution in [1.82, 2.24) is 14.8 Å². The van der Waals surface area contributed by atoms with Crippen molar-refractivity contribution in [1.29, 1.82) is 0 Å². The maximum Gasteiger partial charge on any atom is 0.165 e. The van der Waals surface area contributed by atoms with Gasteiger partial charge in [-0.25, -0.2) is 0 Å². The van der Waals surface area contributed by atoms with Crippen LogP contribution in [0.25, 0.3) is 11.4 Å². The van der Waals surface area contributed by atoms with Crippen LogP contribution in [0.4, 0.5) is 0 Å². The number of nitrogens with two attached hydrogens (primary N) is 1. The molecule has 0 bridgehead atoms. The number of benzene rings is 1. The van der Waals surface area contributed by atoms with Crippen molar-refractivity contribution in [3.8, 4) is 11.4 Å². The predicted molar refractivity (Wildman–Crippen MR) is 76.4 cm³/mol. The summed E-state index contributed by atoms with van der Waals surface area (Å²) < 4.78 is 2.98. The molecule has 2 rings (SSSR count). The molecule has 0 aliphatic heterocycles. The summed E-state index contributed by atoms with van der Waals surface area (Å²) >= 11 is 9.66. The summed E-state index contributed by atoms with van der Waals surface area (Å²) in [6.07, 6.45) is 0.990. The Morgan fingerprint density at radius 3 is 2.83 bits per heavy atom. The standard InChI is InChI=1S/C12H14BrClN4/c1-2-5-18-11(7-15)16-17-12(18)9-6-8(13)3-4-10(9)14/h3-4,6H,2,5,7,15H2,1H3. The normalized spacial score (nSPS) is 10.9. The summed E-state index contributed by atoms with van der Waals surface area (Å²) in [6.45, 7) is 3.31. The topological polar surface area (TPSA) is 56.7 Å². The molecule has 0 radical (unpaired) electrons. The van der Waals surface area contributed by atoms with Crippen LogP contribution in [0.5, 0.6) is 0 Å². The first-order valence-electron chi connectivity index (χ1n) is 5.75. The largest absolute Gasteiger partial charge is 0.324 e. The molecule has 0 aliphatic carbocycles. The molecule has 0 aliphatic rings. The first-order valence-corrected chi connectivity index (χ1v) is 6.92. The molecule has 2 N–H and O–H groups in total. The molecule has 1 heterocycles. The van der Waals surface area contributed by atoms with Crippen LogP contribution in [-0.4, -0.2) is 14.8 Å². The van der Waals surface area contributed by atoms with E-state index in [4.69, 9.17) is 17.3 Å². The molecule has 18 heavy (non-hydrogen) atoms. The third kappa shape index (κ3) is 2.58. The van der Waals surface area contributed by atoms with Gasteiger partial charge in [0.25, 0.3) is 0 Å². The fourth-order valence-electron chi connectivity index (χ4n) is 1.81. The molecule has 0 atom stereocenters. The minimum atomic E-state index is 0.374. The summed E-state index contributed by atoms with van der Waals surface area (Å²) in [5.74, 6) is 1.55. The molecule has 1 aromatic carbocycles. The van der Waals surface area contributed by atoms with Gasteiger partial charge in [-0.2, -0.15) is 0 Å². The number of nitrogens with zero attached hydrogens (tertiary/aromatic N) is 3. The molecule has 0 unspecified atom stereocenters. The van der Waals surface area contributed by atoms with Crippen LogP contribution in [0.1, 0.15) is 19.2 Å². The first kappa shape index (κ1) is 13.5. The van der Waals surface area contributed by atoms with Crippen LogP contribution < -0.4 is 5.73 Å². The zero-order chi connectivity index (χ0) is 13.1. The number of halogens is 2. The van der Waals surface area contributed by atoms with E-state index in [1.807, 2.05) is 22.8 Å².